The maximum atomic E-state index is 12.6. The van der Waals surface area contributed by atoms with E-state index >= 15 is 0 Å². The van der Waals surface area contributed by atoms with Gasteiger partial charge >= 0.3 is 0 Å². The van der Waals surface area contributed by atoms with Crippen molar-refractivity contribution in [1.29, 1.82) is 5.26 Å². The van der Waals surface area contributed by atoms with Crippen LogP contribution in [0.5, 0.6) is 5.75 Å². The number of pyridine rings is 1. The molecule has 2 aromatic carbocycles. The van der Waals surface area contributed by atoms with Crippen LogP contribution in [0.3, 0.4) is 0 Å². The summed E-state index contributed by atoms with van der Waals surface area (Å²) >= 11 is 5.86. The number of amides is 1. The van der Waals surface area contributed by atoms with Gasteiger partial charge in [-0.2, -0.15) is 15.0 Å². The molecule has 0 unspecified atom stereocenters. The standard InChI is InChI=1S/C24H20ClN5O2/c1-15-4-3-5-20-16(2)12-21(28-23(15)20)30-24(17(13-26)14-27-30)29-22(31)10-11-32-19-8-6-18(25)7-9-19/h3-9,12,14H,10-11H2,1-2H3,(H,29,31). The van der Waals surface area contributed by atoms with Gasteiger partial charge in [0.2, 0.25) is 5.91 Å². The molecule has 0 bridgehead atoms. The van der Waals surface area contributed by atoms with Crippen molar-refractivity contribution in [3.05, 3.63) is 76.4 Å². The molecule has 4 aromatic rings. The van der Waals surface area contributed by atoms with Gasteiger partial charge in [-0.05, 0) is 55.3 Å². The van der Waals surface area contributed by atoms with Gasteiger partial charge in [-0.25, -0.2) is 4.98 Å². The van der Waals surface area contributed by atoms with Crippen molar-refractivity contribution in [3.8, 4) is 17.6 Å². The molecule has 160 valence electrons. The molecular weight excluding hydrogens is 426 g/mol. The summed E-state index contributed by atoms with van der Waals surface area (Å²) in [5, 5.41) is 18.2. The van der Waals surface area contributed by atoms with Gasteiger partial charge in [-0.3, -0.25) is 4.79 Å². The van der Waals surface area contributed by atoms with Crippen molar-refractivity contribution in [1.82, 2.24) is 14.8 Å². The van der Waals surface area contributed by atoms with Crippen LogP contribution in [0.15, 0.2) is 54.7 Å². The number of aryl methyl sites for hydroxylation is 2. The predicted octanol–water partition coefficient (Wildman–Crippen LogP) is 4.97. The van der Waals surface area contributed by atoms with Gasteiger partial charge in [0, 0.05) is 10.4 Å². The van der Waals surface area contributed by atoms with Gasteiger partial charge in [-0.15, -0.1) is 0 Å². The Hall–Kier alpha value is -3.89. The lowest BCUT2D eigenvalue weighted by Crippen LogP contribution is -2.18. The molecule has 8 heteroatoms. The van der Waals surface area contributed by atoms with E-state index in [0.29, 0.717) is 16.6 Å². The zero-order valence-electron chi connectivity index (χ0n) is 17.6. The molecule has 1 amide bonds. The summed E-state index contributed by atoms with van der Waals surface area (Å²) in [6, 6.07) is 16.9. The van der Waals surface area contributed by atoms with Crippen LogP contribution in [0.4, 0.5) is 5.82 Å². The smallest absolute Gasteiger partial charge is 0.228 e. The number of halogens is 1. The van der Waals surface area contributed by atoms with Gasteiger partial charge in [0.1, 0.15) is 17.4 Å². The minimum absolute atomic E-state index is 0.0992. The fourth-order valence-corrected chi connectivity index (χ4v) is 3.49. The van der Waals surface area contributed by atoms with E-state index in [1.54, 1.807) is 24.3 Å². The van der Waals surface area contributed by atoms with Crippen LogP contribution < -0.4 is 10.1 Å². The van der Waals surface area contributed by atoms with E-state index in [-0.39, 0.29) is 30.3 Å². The molecule has 1 N–H and O–H groups in total. The molecule has 0 fully saturated rings. The minimum atomic E-state index is -0.300. The van der Waals surface area contributed by atoms with Crippen molar-refractivity contribution < 1.29 is 9.53 Å². The average molecular weight is 446 g/mol. The number of hydrogen-bond donors (Lipinski definition) is 1. The zero-order chi connectivity index (χ0) is 22.7. The number of rotatable bonds is 6. The fourth-order valence-electron chi connectivity index (χ4n) is 3.36. The quantitative estimate of drug-likeness (QED) is 0.452. The summed E-state index contributed by atoms with van der Waals surface area (Å²) in [6.45, 7) is 4.16. The first kappa shape index (κ1) is 21.3. The summed E-state index contributed by atoms with van der Waals surface area (Å²) in [4.78, 5) is 17.3. The average Bonchev–Trinajstić information content (AvgIpc) is 3.18. The lowest BCUT2D eigenvalue weighted by atomic mass is 10.1. The van der Waals surface area contributed by atoms with Crippen LogP contribution in [0.25, 0.3) is 16.7 Å². The third kappa shape index (κ3) is 4.41. The maximum absolute atomic E-state index is 12.6. The highest BCUT2D eigenvalue weighted by Gasteiger charge is 2.17. The SMILES string of the molecule is Cc1cc(-n2ncc(C#N)c2NC(=O)CCOc2ccc(Cl)cc2)nc2c(C)cccc12. The number of carbonyl (C=O) groups is 1. The first-order chi connectivity index (χ1) is 15.5. The molecule has 32 heavy (non-hydrogen) atoms. The van der Waals surface area contributed by atoms with E-state index in [2.05, 4.69) is 16.5 Å². The summed E-state index contributed by atoms with van der Waals surface area (Å²) in [6.07, 6.45) is 1.51. The van der Waals surface area contributed by atoms with Gasteiger partial charge in [-0.1, -0.05) is 29.8 Å². The van der Waals surface area contributed by atoms with Crippen LogP contribution in [0.2, 0.25) is 5.02 Å². The predicted molar refractivity (Wildman–Crippen MR) is 123 cm³/mol. The molecule has 4 rings (SSSR count). The number of anilines is 1. The lowest BCUT2D eigenvalue weighted by Gasteiger charge is -2.12. The van der Waals surface area contributed by atoms with Gasteiger partial charge in [0.15, 0.2) is 11.6 Å². The summed E-state index contributed by atoms with van der Waals surface area (Å²) in [7, 11) is 0. The summed E-state index contributed by atoms with van der Waals surface area (Å²) < 4.78 is 7.06. The van der Waals surface area contributed by atoms with Crippen molar-refractivity contribution in [3.63, 3.8) is 0 Å². The second-order valence-corrected chi connectivity index (χ2v) is 7.74. The van der Waals surface area contributed by atoms with Crippen molar-refractivity contribution in [2.24, 2.45) is 0 Å². The molecule has 0 saturated heterocycles. The van der Waals surface area contributed by atoms with Crippen LogP contribution in [-0.4, -0.2) is 27.3 Å². The first-order valence-corrected chi connectivity index (χ1v) is 10.4. The molecule has 0 spiro atoms. The lowest BCUT2D eigenvalue weighted by molar-refractivity contribution is -0.116. The summed E-state index contributed by atoms with van der Waals surface area (Å²) in [5.41, 5.74) is 3.16. The van der Waals surface area contributed by atoms with E-state index in [9.17, 15) is 10.1 Å². The number of para-hydroxylation sites is 1. The number of fused-ring (bicyclic) bond motifs is 1. The van der Waals surface area contributed by atoms with Crippen molar-refractivity contribution in [2.75, 3.05) is 11.9 Å². The molecule has 0 aliphatic rings. The minimum Gasteiger partial charge on any atom is -0.493 e. The molecule has 0 atom stereocenters. The van der Waals surface area contributed by atoms with Crippen molar-refractivity contribution in [2.45, 2.75) is 20.3 Å². The Morgan fingerprint density at radius 3 is 2.72 bits per heavy atom. The highest BCUT2D eigenvalue weighted by Crippen LogP contribution is 2.25. The second kappa shape index (κ2) is 9.08. The Morgan fingerprint density at radius 1 is 1.19 bits per heavy atom. The Morgan fingerprint density at radius 2 is 1.97 bits per heavy atom. The molecule has 0 aliphatic carbocycles. The normalized spacial score (nSPS) is 10.7. The molecule has 0 saturated carbocycles. The Kier molecular flexibility index (Phi) is 6.06. The third-order valence-electron chi connectivity index (χ3n) is 5.01. The molecule has 2 aromatic heterocycles. The molecule has 7 nitrogen and oxygen atoms in total. The van der Waals surface area contributed by atoms with Gasteiger partial charge < -0.3 is 10.1 Å². The third-order valence-corrected chi connectivity index (χ3v) is 5.26. The number of hydrogen-bond acceptors (Lipinski definition) is 5. The van der Waals surface area contributed by atoms with Crippen LogP contribution in [0.1, 0.15) is 23.1 Å². The van der Waals surface area contributed by atoms with Crippen LogP contribution >= 0.6 is 11.6 Å². The second-order valence-electron chi connectivity index (χ2n) is 7.30. The topological polar surface area (TPSA) is 92.8 Å². The van der Waals surface area contributed by atoms with E-state index in [1.807, 2.05) is 38.1 Å². The van der Waals surface area contributed by atoms with E-state index in [1.165, 1.54) is 10.9 Å². The number of carbonyl (C=O) groups excluding carboxylic acids is 1. The van der Waals surface area contributed by atoms with Gasteiger partial charge in [0.25, 0.3) is 0 Å². The Balaban J connectivity index is 1.55. The zero-order valence-corrected chi connectivity index (χ0v) is 18.3. The van der Waals surface area contributed by atoms with E-state index < -0.39 is 0 Å². The summed E-state index contributed by atoms with van der Waals surface area (Å²) in [5.74, 6) is 1.13. The fraction of sp³-hybridized carbons (Fsp3) is 0.167. The molecule has 0 aliphatic heterocycles. The van der Waals surface area contributed by atoms with Crippen molar-refractivity contribution >= 4 is 34.2 Å². The Labute approximate surface area is 190 Å². The molecule has 2 heterocycles. The Bertz CT molecular complexity index is 1340. The van der Waals surface area contributed by atoms with Crippen LogP contribution in [0, 0.1) is 25.2 Å². The molecule has 0 radical (unpaired) electrons. The van der Waals surface area contributed by atoms with Crippen LogP contribution in [-0.2, 0) is 4.79 Å². The van der Waals surface area contributed by atoms with E-state index in [4.69, 9.17) is 21.3 Å². The van der Waals surface area contributed by atoms with Gasteiger partial charge in [0.05, 0.1) is 24.7 Å². The number of aromatic nitrogens is 3. The number of nitrogens with zero attached hydrogens (tertiary/aromatic N) is 4. The number of ether oxygens (including phenoxy) is 1. The largest absolute Gasteiger partial charge is 0.493 e. The number of nitriles is 1. The van der Waals surface area contributed by atoms with E-state index in [0.717, 1.165) is 22.0 Å². The highest BCUT2D eigenvalue weighted by molar-refractivity contribution is 6.30. The maximum Gasteiger partial charge on any atom is 0.228 e. The monoisotopic (exact) mass is 445 g/mol. The molecular formula is C24H20ClN5O2. The number of benzene rings is 2. The first-order valence-electron chi connectivity index (χ1n) is 10.00. The highest BCUT2D eigenvalue weighted by atomic mass is 35.5. The number of nitrogens with one attached hydrogen (secondary N) is 1.